The van der Waals surface area contributed by atoms with E-state index in [9.17, 15) is 8.42 Å². The summed E-state index contributed by atoms with van der Waals surface area (Å²) in [6, 6.07) is 3.33. The fourth-order valence-electron chi connectivity index (χ4n) is 2.45. The number of benzene rings is 1. The van der Waals surface area contributed by atoms with Gasteiger partial charge in [0, 0.05) is 23.4 Å². The topological polar surface area (TPSA) is 58.2 Å². The average molecular weight is 349 g/mol. The monoisotopic (exact) mass is 348 g/mol. The van der Waals surface area contributed by atoms with Gasteiger partial charge in [-0.15, -0.1) is 0 Å². The third-order valence-electron chi connectivity index (χ3n) is 3.61. The van der Waals surface area contributed by atoms with Crippen LogP contribution in [0.2, 0.25) is 5.02 Å². The van der Waals surface area contributed by atoms with Gasteiger partial charge in [0.1, 0.15) is 0 Å². The van der Waals surface area contributed by atoms with Crippen LogP contribution in [-0.2, 0) is 16.6 Å². The number of halogens is 1. The van der Waals surface area contributed by atoms with Crippen molar-refractivity contribution in [3.63, 3.8) is 0 Å². The molecule has 1 aliphatic heterocycles. The number of hydrogen-bond donors (Lipinski definition) is 2. The molecule has 21 heavy (non-hydrogen) atoms. The summed E-state index contributed by atoms with van der Waals surface area (Å²) in [6.07, 6.45) is 2.24. The maximum Gasteiger partial charge on any atom is 0.240 e. The number of sulfonamides is 1. The van der Waals surface area contributed by atoms with Crippen LogP contribution in [0.3, 0.4) is 0 Å². The first-order valence-electron chi connectivity index (χ1n) is 6.99. The van der Waals surface area contributed by atoms with Crippen LogP contribution in [0.5, 0.6) is 0 Å². The van der Waals surface area contributed by atoms with E-state index < -0.39 is 10.0 Å². The van der Waals surface area contributed by atoms with E-state index in [4.69, 9.17) is 11.6 Å². The Labute approximate surface area is 136 Å². The van der Waals surface area contributed by atoms with Gasteiger partial charge in [-0.2, -0.15) is 11.8 Å². The molecule has 0 aromatic heterocycles. The maximum absolute atomic E-state index is 12.5. The molecule has 1 atom stereocenters. The second kappa shape index (κ2) is 7.33. The highest BCUT2D eigenvalue weighted by atomic mass is 35.5. The molecule has 1 heterocycles. The highest BCUT2D eigenvalue weighted by Crippen LogP contribution is 2.27. The lowest BCUT2D eigenvalue weighted by Gasteiger charge is -2.15. The van der Waals surface area contributed by atoms with E-state index in [1.165, 1.54) is 12.5 Å². The van der Waals surface area contributed by atoms with Gasteiger partial charge in [-0.3, -0.25) is 0 Å². The summed E-state index contributed by atoms with van der Waals surface area (Å²) in [6.45, 7) is 2.90. The van der Waals surface area contributed by atoms with Gasteiger partial charge in [0.15, 0.2) is 0 Å². The molecule has 1 aromatic carbocycles. The highest BCUT2D eigenvalue weighted by molar-refractivity contribution is 8.00. The summed E-state index contributed by atoms with van der Waals surface area (Å²) in [7, 11) is -1.69. The maximum atomic E-state index is 12.5. The Bertz CT molecular complexity index is 599. The Kier molecular flexibility index (Phi) is 5.96. The lowest BCUT2D eigenvalue weighted by Crippen LogP contribution is -2.30. The predicted molar refractivity (Wildman–Crippen MR) is 89.6 cm³/mol. The van der Waals surface area contributed by atoms with Gasteiger partial charge in [0.2, 0.25) is 10.0 Å². The molecule has 1 fully saturated rings. The van der Waals surface area contributed by atoms with E-state index in [1.807, 2.05) is 25.7 Å². The molecule has 0 aliphatic carbocycles. The zero-order valence-electron chi connectivity index (χ0n) is 12.3. The summed E-state index contributed by atoms with van der Waals surface area (Å²) in [4.78, 5) is 0.281. The highest BCUT2D eigenvalue weighted by Gasteiger charge is 2.22. The molecule has 7 heteroatoms. The summed E-state index contributed by atoms with van der Waals surface area (Å²) >= 11 is 7.90. The second-order valence-corrected chi connectivity index (χ2v) is 8.79. The van der Waals surface area contributed by atoms with Gasteiger partial charge >= 0.3 is 0 Å². The van der Waals surface area contributed by atoms with Crippen molar-refractivity contribution in [3.8, 4) is 0 Å². The fraction of sp³-hybridized carbons (Fsp3) is 0.571. The average Bonchev–Trinajstić information content (AvgIpc) is 2.94. The van der Waals surface area contributed by atoms with Gasteiger partial charge in [-0.05, 0) is 55.8 Å². The quantitative estimate of drug-likeness (QED) is 0.829. The van der Waals surface area contributed by atoms with Crippen LogP contribution >= 0.6 is 23.4 Å². The fourth-order valence-corrected chi connectivity index (χ4v) is 5.45. The van der Waals surface area contributed by atoms with Gasteiger partial charge < -0.3 is 5.32 Å². The SMILES string of the molecule is CNCc1cc(Cl)cc(S(=O)(=O)NCC2CCCS2)c1C. The molecule has 1 aliphatic rings. The Balaban J connectivity index is 2.21. The first-order valence-corrected chi connectivity index (χ1v) is 9.90. The van der Waals surface area contributed by atoms with E-state index in [-0.39, 0.29) is 4.90 Å². The van der Waals surface area contributed by atoms with Crippen molar-refractivity contribution in [1.29, 1.82) is 0 Å². The van der Waals surface area contributed by atoms with Gasteiger partial charge in [0.05, 0.1) is 4.90 Å². The number of hydrogen-bond acceptors (Lipinski definition) is 4. The minimum Gasteiger partial charge on any atom is -0.316 e. The molecule has 1 saturated heterocycles. The zero-order valence-corrected chi connectivity index (χ0v) is 14.7. The van der Waals surface area contributed by atoms with Crippen molar-refractivity contribution < 1.29 is 8.42 Å². The third kappa shape index (κ3) is 4.36. The Morgan fingerprint density at radius 3 is 2.81 bits per heavy atom. The molecule has 0 spiro atoms. The van der Waals surface area contributed by atoms with Crippen LogP contribution in [0.4, 0.5) is 0 Å². The van der Waals surface area contributed by atoms with Crippen LogP contribution in [0, 0.1) is 6.92 Å². The molecule has 118 valence electrons. The summed E-state index contributed by atoms with van der Waals surface area (Å²) in [5.41, 5.74) is 1.65. The van der Waals surface area contributed by atoms with E-state index in [0.717, 1.165) is 23.3 Å². The summed E-state index contributed by atoms with van der Waals surface area (Å²) < 4.78 is 27.8. The molecule has 2 N–H and O–H groups in total. The molecule has 1 unspecified atom stereocenters. The lowest BCUT2D eigenvalue weighted by atomic mass is 10.1. The molecule has 0 amide bonds. The van der Waals surface area contributed by atoms with Crippen molar-refractivity contribution in [2.45, 2.75) is 36.5 Å². The Morgan fingerprint density at radius 1 is 1.43 bits per heavy atom. The van der Waals surface area contributed by atoms with E-state index >= 15 is 0 Å². The van der Waals surface area contributed by atoms with Crippen molar-refractivity contribution in [2.75, 3.05) is 19.3 Å². The lowest BCUT2D eigenvalue weighted by molar-refractivity contribution is 0.578. The normalized spacial score (nSPS) is 19.1. The molecular formula is C14H21ClN2O2S2. The third-order valence-corrected chi connectivity index (χ3v) is 6.78. The number of nitrogens with one attached hydrogen (secondary N) is 2. The largest absolute Gasteiger partial charge is 0.316 e. The summed E-state index contributed by atoms with van der Waals surface area (Å²) in [5, 5.41) is 3.86. The van der Waals surface area contributed by atoms with Gasteiger partial charge in [-0.25, -0.2) is 13.1 Å². The Morgan fingerprint density at radius 2 is 2.19 bits per heavy atom. The van der Waals surface area contributed by atoms with Crippen molar-refractivity contribution >= 4 is 33.4 Å². The van der Waals surface area contributed by atoms with E-state index in [2.05, 4.69) is 10.0 Å². The predicted octanol–water partition coefficient (Wildman–Crippen LogP) is 2.54. The first kappa shape index (κ1) is 17.1. The Hall–Kier alpha value is -0.270. The minimum absolute atomic E-state index is 0.281. The van der Waals surface area contributed by atoms with Gasteiger partial charge in [0.25, 0.3) is 0 Å². The smallest absolute Gasteiger partial charge is 0.240 e. The summed E-state index contributed by atoms with van der Waals surface area (Å²) in [5.74, 6) is 1.12. The molecule has 0 bridgehead atoms. The minimum atomic E-state index is -3.52. The zero-order chi connectivity index (χ0) is 15.5. The van der Waals surface area contributed by atoms with Crippen LogP contribution in [0.1, 0.15) is 24.0 Å². The first-order chi connectivity index (χ1) is 9.94. The van der Waals surface area contributed by atoms with Crippen molar-refractivity contribution in [1.82, 2.24) is 10.0 Å². The standard InChI is InChI=1S/C14H21ClN2O2S2/c1-10-11(8-16-2)6-12(15)7-14(10)21(18,19)17-9-13-4-3-5-20-13/h6-7,13,16-17H,3-5,8-9H2,1-2H3. The molecule has 4 nitrogen and oxygen atoms in total. The van der Waals surface area contributed by atoms with Crippen LogP contribution < -0.4 is 10.0 Å². The van der Waals surface area contributed by atoms with E-state index in [0.29, 0.717) is 23.4 Å². The molecular weight excluding hydrogens is 328 g/mol. The van der Waals surface area contributed by atoms with Crippen molar-refractivity contribution in [2.24, 2.45) is 0 Å². The van der Waals surface area contributed by atoms with E-state index in [1.54, 1.807) is 6.07 Å². The van der Waals surface area contributed by atoms with Crippen LogP contribution in [-0.4, -0.2) is 33.0 Å². The number of rotatable bonds is 6. The number of thioether (sulfide) groups is 1. The molecule has 0 saturated carbocycles. The van der Waals surface area contributed by atoms with Crippen LogP contribution in [0.25, 0.3) is 0 Å². The van der Waals surface area contributed by atoms with Gasteiger partial charge in [-0.1, -0.05) is 11.6 Å². The second-order valence-electron chi connectivity index (χ2n) is 5.21. The molecule has 0 radical (unpaired) electrons. The van der Waals surface area contributed by atoms with Crippen LogP contribution in [0.15, 0.2) is 17.0 Å². The van der Waals surface area contributed by atoms with Crippen molar-refractivity contribution in [3.05, 3.63) is 28.3 Å². The molecule has 1 aromatic rings. The molecule has 2 rings (SSSR count).